The number of carbonyl (C=O) groups excluding carboxylic acids is 2. The van der Waals surface area contributed by atoms with E-state index in [-0.39, 0.29) is 17.6 Å². The molecule has 0 unspecified atom stereocenters. The molecule has 1 saturated carbocycles. The number of rotatable bonds is 4. The molecule has 3 N–H and O–H groups in total. The van der Waals surface area contributed by atoms with Gasteiger partial charge in [-0.1, -0.05) is 19.8 Å². The van der Waals surface area contributed by atoms with Gasteiger partial charge in [0.1, 0.15) is 5.82 Å². The van der Waals surface area contributed by atoms with Gasteiger partial charge in [-0.15, -0.1) is 0 Å². The van der Waals surface area contributed by atoms with Crippen molar-refractivity contribution in [2.45, 2.75) is 45.1 Å². The van der Waals surface area contributed by atoms with Crippen molar-refractivity contribution in [3.63, 3.8) is 0 Å². The molecule has 6 nitrogen and oxygen atoms in total. The van der Waals surface area contributed by atoms with Gasteiger partial charge in [0, 0.05) is 42.9 Å². The van der Waals surface area contributed by atoms with Crippen LogP contribution in [0.25, 0.3) is 22.2 Å². The number of benzene rings is 1. The van der Waals surface area contributed by atoms with Crippen LogP contribution in [0.1, 0.15) is 49.4 Å². The Morgan fingerprint density at radius 3 is 2.53 bits per heavy atom. The number of H-pyrrole nitrogens is 1. The maximum Gasteiger partial charge on any atom is 0.255 e. The van der Waals surface area contributed by atoms with Crippen molar-refractivity contribution in [2.75, 3.05) is 7.05 Å². The number of carbonyl (C=O) groups is 2. The summed E-state index contributed by atoms with van der Waals surface area (Å²) in [5.41, 5.74) is 7.07. The quantitative estimate of drug-likeness (QED) is 0.673. The molecule has 0 atom stereocenters. The molecule has 3 aromatic rings. The number of amides is 2. The fourth-order valence-electron chi connectivity index (χ4n) is 3.63. The van der Waals surface area contributed by atoms with Crippen LogP contribution in [0, 0.1) is 5.82 Å². The van der Waals surface area contributed by atoms with E-state index in [1.807, 2.05) is 24.1 Å². The van der Waals surface area contributed by atoms with E-state index in [1.54, 1.807) is 31.5 Å². The maximum atomic E-state index is 14.1. The molecule has 0 radical (unpaired) electrons. The summed E-state index contributed by atoms with van der Waals surface area (Å²) in [6.07, 6.45) is 8.26. The standard InChI is InChI=1S/C20H20FN3O.C3H7NO/c1-24(16-4-2-3-5-16)20(25)14-6-7-18(23-12-14)15-10-13-8-9-22-19(13)17(21)11-15;1-2-3(4)5/h6-12,16,22H,2-5H2,1H3;2H2,1H3,(H2,4,5). The average molecular weight is 410 g/mol. The Balaban J connectivity index is 0.000000461. The number of halogens is 1. The summed E-state index contributed by atoms with van der Waals surface area (Å²) in [5, 5.41) is 0.804. The van der Waals surface area contributed by atoms with Crippen LogP contribution in [0.3, 0.4) is 0 Å². The number of aromatic nitrogens is 2. The molecule has 0 bridgehead atoms. The van der Waals surface area contributed by atoms with Crippen molar-refractivity contribution in [1.29, 1.82) is 0 Å². The number of fused-ring (bicyclic) bond motifs is 1. The van der Waals surface area contributed by atoms with Gasteiger partial charge < -0.3 is 15.6 Å². The molecule has 2 amide bonds. The van der Waals surface area contributed by atoms with Crippen molar-refractivity contribution >= 4 is 22.7 Å². The Morgan fingerprint density at radius 1 is 1.23 bits per heavy atom. The zero-order valence-corrected chi connectivity index (χ0v) is 17.3. The smallest absolute Gasteiger partial charge is 0.255 e. The second-order valence-corrected chi connectivity index (χ2v) is 7.51. The molecule has 0 spiro atoms. The normalized spacial score (nSPS) is 13.7. The van der Waals surface area contributed by atoms with Crippen molar-refractivity contribution in [3.8, 4) is 11.3 Å². The molecule has 158 valence electrons. The first-order valence-electron chi connectivity index (χ1n) is 10.2. The van der Waals surface area contributed by atoms with E-state index < -0.39 is 0 Å². The third-order valence-electron chi connectivity index (χ3n) is 5.46. The monoisotopic (exact) mass is 410 g/mol. The van der Waals surface area contributed by atoms with Gasteiger partial charge in [0.25, 0.3) is 5.91 Å². The van der Waals surface area contributed by atoms with Crippen molar-refractivity contribution < 1.29 is 14.0 Å². The van der Waals surface area contributed by atoms with Crippen LogP contribution >= 0.6 is 0 Å². The maximum absolute atomic E-state index is 14.1. The topological polar surface area (TPSA) is 92.1 Å². The number of aromatic amines is 1. The summed E-state index contributed by atoms with van der Waals surface area (Å²) >= 11 is 0. The number of hydrogen-bond donors (Lipinski definition) is 2. The Labute approximate surface area is 175 Å². The number of nitrogens with one attached hydrogen (secondary N) is 1. The highest BCUT2D eigenvalue weighted by Crippen LogP contribution is 2.26. The first-order chi connectivity index (χ1) is 14.4. The second-order valence-electron chi connectivity index (χ2n) is 7.51. The molecule has 0 aliphatic heterocycles. The van der Waals surface area contributed by atoms with Crippen LogP contribution in [-0.4, -0.2) is 39.8 Å². The average Bonchev–Trinajstić information content (AvgIpc) is 3.45. The zero-order valence-electron chi connectivity index (χ0n) is 17.3. The van der Waals surface area contributed by atoms with Crippen molar-refractivity contribution in [1.82, 2.24) is 14.9 Å². The minimum atomic E-state index is -0.305. The predicted octanol–water partition coefficient (Wildman–Crippen LogP) is 4.27. The van der Waals surface area contributed by atoms with E-state index >= 15 is 0 Å². The molecule has 4 rings (SSSR count). The minimum Gasteiger partial charge on any atom is -0.370 e. The van der Waals surface area contributed by atoms with Crippen LogP contribution < -0.4 is 5.73 Å². The predicted molar refractivity (Wildman–Crippen MR) is 115 cm³/mol. The van der Waals surface area contributed by atoms with Crippen LogP contribution in [0.4, 0.5) is 4.39 Å². The number of hydrogen-bond acceptors (Lipinski definition) is 3. The van der Waals surface area contributed by atoms with Gasteiger partial charge in [-0.2, -0.15) is 0 Å². The van der Waals surface area contributed by atoms with Crippen LogP contribution in [0.2, 0.25) is 0 Å². The molecule has 2 aromatic heterocycles. The van der Waals surface area contributed by atoms with Crippen LogP contribution in [0.15, 0.2) is 42.7 Å². The third-order valence-corrected chi connectivity index (χ3v) is 5.46. The molecule has 2 heterocycles. The van der Waals surface area contributed by atoms with E-state index in [2.05, 4.69) is 15.7 Å². The fourth-order valence-corrected chi connectivity index (χ4v) is 3.63. The van der Waals surface area contributed by atoms with Gasteiger partial charge in [-0.05, 0) is 43.2 Å². The van der Waals surface area contributed by atoms with Gasteiger partial charge in [0.2, 0.25) is 5.91 Å². The van der Waals surface area contributed by atoms with E-state index in [1.165, 1.54) is 18.9 Å². The van der Waals surface area contributed by atoms with Crippen molar-refractivity contribution in [2.24, 2.45) is 5.73 Å². The Bertz CT molecular complexity index is 1020. The van der Waals surface area contributed by atoms with E-state index in [4.69, 9.17) is 0 Å². The summed E-state index contributed by atoms with van der Waals surface area (Å²) in [7, 11) is 1.86. The molecule has 0 saturated heterocycles. The SMILES string of the molecule is CCC(N)=O.CN(C(=O)c1ccc(-c2cc(F)c3[nH]ccc3c2)nc1)C1CCCC1. The molecule has 1 aromatic carbocycles. The van der Waals surface area contributed by atoms with Gasteiger partial charge in [-0.25, -0.2) is 4.39 Å². The van der Waals surface area contributed by atoms with Gasteiger partial charge in [-0.3, -0.25) is 14.6 Å². The largest absolute Gasteiger partial charge is 0.370 e. The van der Waals surface area contributed by atoms with E-state index in [9.17, 15) is 14.0 Å². The summed E-state index contributed by atoms with van der Waals surface area (Å²) in [5.74, 6) is -0.552. The number of nitrogens with two attached hydrogens (primary N) is 1. The van der Waals surface area contributed by atoms with E-state index in [0.717, 1.165) is 18.2 Å². The fraction of sp³-hybridized carbons (Fsp3) is 0.348. The summed E-state index contributed by atoms with van der Waals surface area (Å²) in [6.45, 7) is 1.72. The molecule has 30 heavy (non-hydrogen) atoms. The summed E-state index contributed by atoms with van der Waals surface area (Å²) < 4.78 is 14.1. The number of pyridine rings is 1. The lowest BCUT2D eigenvalue weighted by Gasteiger charge is -2.24. The van der Waals surface area contributed by atoms with E-state index in [0.29, 0.717) is 34.8 Å². The zero-order chi connectivity index (χ0) is 21.7. The molecule has 1 aliphatic rings. The molecule has 1 fully saturated rings. The van der Waals surface area contributed by atoms with Crippen LogP contribution in [-0.2, 0) is 4.79 Å². The Hall–Kier alpha value is -3.22. The van der Waals surface area contributed by atoms with Crippen molar-refractivity contribution in [3.05, 3.63) is 54.1 Å². The minimum absolute atomic E-state index is 0.00165. The highest BCUT2D eigenvalue weighted by molar-refractivity contribution is 5.94. The number of nitrogens with zero attached hydrogens (tertiary/aromatic N) is 2. The summed E-state index contributed by atoms with van der Waals surface area (Å²) in [6, 6.07) is 9.07. The Kier molecular flexibility index (Phi) is 6.82. The lowest BCUT2D eigenvalue weighted by molar-refractivity contribution is -0.117. The van der Waals surface area contributed by atoms with Gasteiger partial charge >= 0.3 is 0 Å². The Morgan fingerprint density at radius 2 is 1.93 bits per heavy atom. The highest BCUT2D eigenvalue weighted by Gasteiger charge is 2.24. The van der Waals surface area contributed by atoms with Gasteiger partial charge in [0.15, 0.2) is 0 Å². The highest BCUT2D eigenvalue weighted by atomic mass is 19.1. The lowest BCUT2D eigenvalue weighted by Crippen LogP contribution is -2.35. The second kappa shape index (κ2) is 9.52. The first-order valence-corrected chi connectivity index (χ1v) is 10.2. The van der Waals surface area contributed by atoms with Crippen LogP contribution in [0.5, 0.6) is 0 Å². The molecule has 7 heteroatoms. The molecular weight excluding hydrogens is 383 g/mol. The van der Waals surface area contributed by atoms with Gasteiger partial charge in [0.05, 0.1) is 16.8 Å². The first kappa shape index (κ1) is 21.5. The molecule has 1 aliphatic carbocycles. The molecular formula is C23H27FN4O2. The summed E-state index contributed by atoms with van der Waals surface area (Å²) in [4.78, 5) is 31.3. The third kappa shape index (κ3) is 4.84. The lowest BCUT2D eigenvalue weighted by atomic mass is 10.1. The number of primary amides is 1.